The van der Waals surface area contributed by atoms with Crippen LogP contribution in [0.25, 0.3) is 0 Å². The van der Waals surface area contributed by atoms with Crippen LogP contribution in [0.3, 0.4) is 0 Å². The van der Waals surface area contributed by atoms with E-state index in [1.165, 1.54) is 0 Å². The SMILES string of the molecule is N#Cc1ccc(OCc2cccc(C(=O)N3CCC(N4CCCC4C(N)=O)CC3)c2)cc1. The molecule has 2 heterocycles. The van der Waals surface area contributed by atoms with Gasteiger partial charge in [0.1, 0.15) is 12.4 Å². The van der Waals surface area contributed by atoms with E-state index in [-0.39, 0.29) is 17.9 Å². The second kappa shape index (κ2) is 9.84. The molecule has 2 saturated heterocycles. The summed E-state index contributed by atoms with van der Waals surface area (Å²) in [6, 6.07) is 16.7. The first-order chi connectivity index (χ1) is 15.5. The van der Waals surface area contributed by atoms with Gasteiger partial charge in [-0.15, -0.1) is 0 Å². The van der Waals surface area contributed by atoms with Gasteiger partial charge in [-0.1, -0.05) is 12.1 Å². The summed E-state index contributed by atoms with van der Waals surface area (Å²) in [7, 11) is 0. The number of carbonyl (C=O) groups excluding carboxylic acids is 2. The van der Waals surface area contributed by atoms with Crippen LogP contribution < -0.4 is 10.5 Å². The summed E-state index contributed by atoms with van der Waals surface area (Å²) < 4.78 is 5.79. The molecule has 0 aromatic heterocycles. The number of nitriles is 1. The Labute approximate surface area is 188 Å². The Bertz CT molecular complexity index is 1010. The van der Waals surface area contributed by atoms with Gasteiger partial charge < -0.3 is 15.4 Å². The van der Waals surface area contributed by atoms with Crippen molar-refractivity contribution in [1.82, 2.24) is 9.80 Å². The molecule has 2 aromatic rings. The number of ether oxygens (including phenoxy) is 1. The lowest BCUT2D eigenvalue weighted by Gasteiger charge is -2.38. The highest BCUT2D eigenvalue weighted by molar-refractivity contribution is 5.94. The molecule has 2 fully saturated rings. The van der Waals surface area contributed by atoms with Crippen LogP contribution in [0.4, 0.5) is 0 Å². The van der Waals surface area contributed by atoms with Crippen LogP contribution >= 0.6 is 0 Å². The van der Waals surface area contributed by atoms with Crippen molar-refractivity contribution in [2.24, 2.45) is 5.73 Å². The maximum atomic E-state index is 13.1. The Morgan fingerprint density at radius 3 is 2.50 bits per heavy atom. The zero-order chi connectivity index (χ0) is 22.5. The van der Waals surface area contributed by atoms with Gasteiger partial charge in [-0.3, -0.25) is 14.5 Å². The minimum absolute atomic E-state index is 0.0246. The van der Waals surface area contributed by atoms with E-state index in [0.717, 1.165) is 37.8 Å². The van der Waals surface area contributed by atoms with E-state index in [9.17, 15) is 9.59 Å². The Morgan fingerprint density at radius 2 is 1.81 bits per heavy atom. The van der Waals surface area contributed by atoms with Crippen molar-refractivity contribution in [3.63, 3.8) is 0 Å². The smallest absolute Gasteiger partial charge is 0.253 e. The van der Waals surface area contributed by atoms with E-state index >= 15 is 0 Å². The van der Waals surface area contributed by atoms with Gasteiger partial charge in [0.2, 0.25) is 5.91 Å². The topological polar surface area (TPSA) is 99.7 Å². The summed E-state index contributed by atoms with van der Waals surface area (Å²) >= 11 is 0. The Balaban J connectivity index is 1.33. The first-order valence-electron chi connectivity index (χ1n) is 11.1. The highest BCUT2D eigenvalue weighted by atomic mass is 16.5. The van der Waals surface area contributed by atoms with E-state index in [1.54, 1.807) is 24.3 Å². The molecule has 166 valence electrons. The molecule has 7 heteroatoms. The molecule has 1 unspecified atom stereocenters. The minimum Gasteiger partial charge on any atom is -0.489 e. The van der Waals surface area contributed by atoms with E-state index in [0.29, 0.717) is 42.6 Å². The summed E-state index contributed by atoms with van der Waals surface area (Å²) in [5.74, 6) is 0.469. The molecule has 2 aliphatic heterocycles. The van der Waals surface area contributed by atoms with Crippen molar-refractivity contribution in [3.8, 4) is 11.8 Å². The number of likely N-dealkylation sites (tertiary alicyclic amines) is 2. The van der Waals surface area contributed by atoms with Gasteiger partial charge in [-0.25, -0.2) is 0 Å². The largest absolute Gasteiger partial charge is 0.489 e. The van der Waals surface area contributed by atoms with E-state index in [4.69, 9.17) is 15.7 Å². The summed E-state index contributed by atoms with van der Waals surface area (Å²) in [4.78, 5) is 28.9. The molecule has 0 spiro atoms. The number of nitrogens with zero attached hydrogens (tertiary/aromatic N) is 3. The van der Waals surface area contributed by atoms with Crippen LogP contribution in [0.15, 0.2) is 48.5 Å². The lowest BCUT2D eigenvalue weighted by atomic mass is 10.0. The number of rotatable bonds is 6. The van der Waals surface area contributed by atoms with Crippen molar-refractivity contribution < 1.29 is 14.3 Å². The van der Waals surface area contributed by atoms with E-state index in [2.05, 4.69) is 11.0 Å². The molecule has 2 aromatic carbocycles. The fraction of sp³-hybridized carbons (Fsp3) is 0.400. The lowest BCUT2D eigenvalue weighted by Crippen LogP contribution is -2.51. The normalized spacial score (nSPS) is 19.5. The predicted molar refractivity (Wildman–Crippen MR) is 120 cm³/mol. The van der Waals surface area contributed by atoms with Gasteiger partial charge in [0, 0.05) is 24.7 Å². The summed E-state index contributed by atoms with van der Waals surface area (Å²) in [6.07, 6.45) is 3.56. The average Bonchev–Trinajstić information content (AvgIpc) is 3.33. The second-order valence-corrected chi connectivity index (χ2v) is 8.45. The summed E-state index contributed by atoms with van der Waals surface area (Å²) in [5.41, 5.74) is 7.72. The van der Waals surface area contributed by atoms with Crippen LogP contribution in [-0.2, 0) is 11.4 Å². The number of hydrogen-bond acceptors (Lipinski definition) is 5. The lowest BCUT2D eigenvalue weighted by molar-refractivity contribution is -0.123. The Morgan fingerprint density at radius 1 is 1.06 bits per heavy atom. The van der Waals surface area contributed by atoms with Crippen LogP contribution in [0, 0.1) is 11.3 Å². The number of nitrogens with two attached hydrogens (primary N) is 1. The molecule has 2 aliphatic rings. The summed E-state index contributed by atoms with van der Waals surface area (Å²) in [5, 5.41) is 8.88. The maximum absolute atomic E-state index is 13.1. The number of amides is 2. The summed E-state index contributed by atoms with van der Waals surface area (Å²) in [6.45, 7) is 2.61. The Kier molecular flexibility index (Phi) is 6.72. The second-order valence-electron chi connectivity index (χ2n) is 8.45. The number of piperidine rings is 1. The Hall–Kier alpha value is -3.37. The van der Waals surface area contributed by atoms with Crippen LogP contribution in [0.5, 0.6) is 5.75 Å². The van der Waals surface area contributed by atoms with Gasteiger partial charge in [-0.05, 0) is 74.2 Å². The van der Waals surface area contributed by atoms with Crippen molar-refractivity contribution in [2.75, 3.05) is 19.6 Å². The third kappa shape index (κ3) is 4.92. The van der Waals surface area contributed by atoms with E-state index in [1.807, 2.05) is 29.2 Å². The molecule has 0 bridgehead atoms. The third-order valence-corrected chi connectivity index (χ3v) is 6.41. The molecule has 2 N–H and O–H groups in total. The molecular formula is C25H28N4O3. The highest BCUT2D eigenvalue weighted by Gasteiger charge is 2.36. The zero-order valence-corrected chi connectivity index (χ0v) is 18.1. The van der Waals surface area contributed by atoms with Crippen molar-refractivity contribution in [1.29, 1.82) is 5.26 Å². The standard InChI is InChI=1S/C25H28N4O3/c26-16-18-6-8-22(9-7-18)32-17-19-3-1-4-20(15-19)25(31)28-13-10-21(11-14-28)29-12-2-5-23(29)24(27)30/h1,3-4,6-9,15,21,23H,2,5,10-14,17H2,(H2,27,30). The average molecular weight is 433 g/mol. The number of carbonyl (C=O) groups is 2. The quantitative estimate of drug-likeness (QED) is 0.757. The van der Waals surface area contributed by atoms with Crippen LogP contribution in [0.2, 0.25) is 0 Å². The monoisotopic (exact) mass is 432 g/mol. The van der Waals surface area contributed by atoms with Crippen molar-refractivity contribution in [2.45, 2.75) is 44.4 Å². The highest BCUT2D eigenvalue weighted by Crippen LogP contribution is 2.26. The van der Waals surface area contributed by atoms with Gasteiger partial charge in [-0.2, -0.15) is 5.26 Å². The molecule has 0 aliphatic carbocycles. The van der Waals surface area contributed by atoms with Crippen LogP contribution in [0.1, 0.15) is 47.2 Å². The third-order valence-electron chi connectivity index (χ3n) is 6.41. The molecule has 0 saturated carbocycles. The van der Waals surface area contributed by atoms with E-state index < -0.39 is 0 Å². The van der Waals surface area contributed by atoms with Crippen LogP contribution in [-0.4, -0.2) is 53.3 Å². The van der Waals surface area contributed by atoms with Crippen molar-refractivity contribution in [3.05, 3.63) is 65.2 Å². The van der Waals surface area contributed by atoms with Gasteiger partial charge in [0.15, 0.2) is 0 Å². The zero-order valence-electron chi connectivity index (χ0n) is 18.1. The fourth-order valence-electron chi connectivity index (χ4n) is 4.70. The maximum Gasteiger partial charge on any atom is 0.253 e. The molecule has 0 radical (unpaired) electrons. The fourth-order valence-corrected chi connectivity index (χ4v) is 4.70. The predicted octanol–water partition coefficient (Wildman–Crippen LogP) is 2.69. The van der Waals surface area contributed by atoms with Crippen molar-refractivity contribution >= 4 is 11.8 Å². The number of primary amides is 1. The first-order valence-corrected chi connectivity index (χ1v) is 11.1. The van der Waals surface area contributed by atoms with Gasteiger partial charge >= 0.3 is 0 Å². The molecular weight excluding hydrogens is 404 g/mol. The number of benzene rings is 2. The number of hydrogen-bond donors (Lipinski definition) is 1. The molecule has 7 nitrogen and oxygen atoms in total. The minimum atomic E-state index is -0.235. The van der Waals surface area contributed by atoms with Gasteiger partial charge in [0.25, 0.3) is 5.91 Å². The molecule has 4 rings (SSSR count). The van der Waals surface area contributed by atoms with Gasteiger partial charge in [0.05, 0.1) is 17.7 Å². The molecule has 32 heavy (non-hydrogen) atoms. The molecule has 2 amide bonds. The molecule has 1 atom stereocenters. The first kappa shape index (κ1) is 21.8.